The first kappa shape index (κ1) is 26.8. The zero-order valence-electron chi connectivity index (χ0n) is 21.3. The van der Waals surface area contributed by atoms with Crippen LogP contribution in [0.15, 0.2) is 66.1 Å². The van der Waals surface area contributed by atoms with Crippen molar-refractivity contribution in [3.05, 3.63) is 83.7 Å². The molecule has 1 fully saturated rings. The number of carbonyl (C=O) groups is 1. The van der Waals surface area contributed by atoms with Gasteiger partial charge in [0.15, 0.2) is 0 Å². The monoisotopic (exact) mass is 494 g/mol. The Morgan fingerprint density at radius 3 is 2.44 bits per heavy atom. The van der Waals surface area contributed by atoms with Gasteiger partial charge in [0.2, 0.25) is 5.91 Å². The second-order valence-corrected chi connectivity index (χ2v) is 8.13. The van der Waals surface area contributed by atoms with E-state index in [0.29, 0.717) is 32.4 Å². The first-order valence-corrected chi connectivity index (χ1v) is 11.9. The van der Waals surface area contributed by atoms with E-state index in [2.05, 4.69) is 9.98 Å². The number of rotatable bonds is 5. The smallest absolute Gasteiger partial charge is 0.229 e. The Morgan fingerprint density at radius 2 is 1.81 bits per heavy atom. The Morgan fingerprint density at radius 1 is 1.08 bits per heavy atom. The number of benzene rings is 2. The second-order valence-electron chi connectivity index (χ2n) is 8.13. The number of amidine groups is 1. The van der Waals surface area contributed by atoms with E-state index in [9.17, 15) is 13.6 Å². The molecule has 3 heterocycles. The molecule has 1 unspecified atom stereocenters. The highest BCUT2D eigenvalue weighted by atomic mass is 19.1. The van der Waals surface area contributed by atoms with E-state index in [4.69, 9.17) is 4.74 Å². The number of hydrogen-bond donors (Lipinski definition) is 0. The fraction of sp³-hybridized carbons (Fsp3) is 0.321. The van der Waals surface area contributed by atoms with Crippen LogP contribution in [-0.4, -0.2) is 47.0 Å². The van der Waals surface area contributed by atoms with Crippen LogP contribution in [0.25, 0.3) is 11.8 Å². The summed E-state index contributed by atoms with van der Waals surface area (Å²) in [6.45, 7) is 6.42. The van der Waals surface area contributed by atoms with Gasteiger partial charge in [0.1, 0.15) is 17.4 Å². The van der Waals surface area contributed by atoms with Crippen LogP contribution < -0.4 is 4.74 Å². The molecule has 1 atom stereocenters. The molecule has 8 heteroatoms. The topological polar surface area (TPSA) is 59.7 Å². The first-order chi connectivity index (χ1) is 17.5. The number of aryl methyl sites for hydroxylation is 1. The van der Waals surface area contributed by atoms with E-state index in [1.54, 1.807) is 30.5 Å². The predicted molar refractivity (Wildman–Crippen MR) is 139 cm³/mol. The van der Waals surface area contributed by atoms with Crippen molar-refractivity contribution in [3.63, 3.8) is 0 Å². The van der Waals surface area contributed by atoms with Gasteiger partial charge < -0.3 is 9.30 Å². The molecule has 1 aromatic heterocycles. The molecule has 6 nitrogen and oxygen atoms in total. The number of halogens is 2. The van der Waals surface area contributed by atoms with Gasteiger partial charge in [-0.3, -0.25) is 19.1 Å². The van der Waals surface area contributed by atoms with E-state index in [0.717, 1.165) is 28.3 Å². The van der Waals surface area contributed by atoms with Gasteiger partial charge in [-0.05, 0) is 54.8 Å². The van der Waals surface area contributed by atoms with E-state index in [-0.39, 0.29) is 11.7 Å². The summed E-state index contributed by atoms with van der Waals surface area (Å²) in [4.78, 5) is 23.4. The lowest BCUT2D eigenvalue weighted by Crippen LogP contribution is -2.43. The van der Waals surface area contributed by atoms with Crippen LogP contribution >= 0.6 is 0 Å². The number of amides is 1. The second kappa shape index (κ2) is 11.7. The molecule has 36 heavy (non-hydrogen) atoms. The Balaban J connectivity index is 0.000000861. The number of carbonyl (C=O) groups excluding carboxylic acids is 1. The molecule has 190 valence electrons. The third kappa shape index (κ3) is 5.08. The Bertz CT molecular complexity index is 1250. The summed E-state index contributed by atoms with van der Waals surface area (Å²) in [6, 6.07) is 12.3. The molecule has 1 saturated heterocycles. The molecular formula is C28H32F2N4O2. The van der Waals surface area contributed by atoms with Gasteiger partial charge in [0.25, 0.3) is 0 Å². The van der Waals surface area contributed by atoms with Gasteiger partial charge in [0.05, 0.1) is 44.1 Å². The van der Waals surface area contributed by atoms with E-state index >= 15 is 0 Å². The molecule has 5 rings (SSSR count). The molecule has 3 aromatic rings. The minimum atomic E-state index is -0.523. The standard InChI is InChI=1S/C25H23FN4O2.C2H6.CH3F/c1-17-14-29(16-28-17)21-9-3-18(13-22(21)32-2)4-10-23-27-15-25(12-11-24(31)30(23)25)19-5-7-20(26)8-6-19;2*1-2/h3-10,13-14,16H,11-12,15H2,1-2H3;1-2H3;1H3/b10-4+;;. The molecule has 0 N–H and O–H groups in total. The third-order valence-corrected chi connectivity index (χ3v) is 6.16. The summed E-state index contributed by atoms with van der Waals surface area (Å²) in [7, 11) is 2.14. The summed E-state index contributed by atoms with van der Waals surface area (Å²) < 4.78 is 30.4. The number of fused-ring (bicyclic) bond motifs is 1. The zero-order chi connectivity index (χ0) is 26.3. The molecule has 0 aliphatic carbocycles. The van der Waals surface area contributed by atoms with E-state index < -0.39 is 5.54 Å². The average Bonchev–Trinajstić information content (AvgIpc) is 3.61. The highest BCUT2D eigenvalue weighted by Crippen LogP contribution is 2.43. The van der Waals surface area contributed by atoms with Gasteiger partial charge >= 0.3 is 0 Å². The van der Waals surface area contributed by atoms with Crippen molar-refractivity contribution >= 4 is 17.8 Å². The van der Waals surface area contributed by atoms with Gasteiger partial charge in [-0.15, -0.1) is 0 Å². The number of aliphatic imine (C=N–C) groups is 1. The number of nitrogens with zero attached hydrogens (tertiary/aromatic N) is 4. The summed E-state index contributed by atoms with van der Waals surface area (Å²) in [5.41, 5.74) is 3.14. The Kier molecular flexibility index (Phi) is 8.74. The van der Waals surface area contributed by atoms with Crippen LogP contribution in [0.5, 0.6) is 5.75 Å². The summed E-state index contributed by atoms with van der Waals surface area (Å²) in [5, 5.41) is 0. The fourth-order valence-corrected chi connectivity index (χ4v) is 4.54. The fourth-order valence-electron chi connectivity index (χ4n) is 4.54. The van der Waals surface area contributed by atoms with Gasteiger partial charge in [0, 0.05) is 12.6 Å². The lowest BCUT2D eigenvalue weighted by atomic mass is 9.88. The number of alkyl halides is 1. The lowest BCUT2D eigenvalue weighted by Gasteiger charge is -2.32. The maximum atomic E-state index is 13.4. The Hall–Kier alpha value is -3.81. The van der Waals surface area contributed by atoms with Crippen molar-refractivity contribution in [1.82, 2.24) is 14.5 Å². The largest absolute Gasteiger partial charge is 0.495 e. The summed E-state index contributed by atoms with van der Waals surface area (Å²) in [5.74, 6) is 1.10. The van der Waals surface area contributed by atoms with Crippen molar-refractivity contribution in [1.29, 1.82) is 0 Å². The van der Waals surface area contributed by atoms with Gasteiger partial charge in [-0.1, -0.05) is 38.1 Å². The number of methoxy groups -OCH3 is 1. The molecule has 0 saturated carbocycles. The predicted octanol–water partition coefficient (Wildman–Crippen LogP) is 5.88. The molecule has 0 spiro atoms. The number of hydrogen-bond acceptors (Lipinski definition) is 4. The van der Waals surface area contributed by atoms with Crippen molar-refractivity contribution < 1.29 is 18.3 Å². The minimum Gasteiger partial charge on any atom is -0.495 e. The zero-order valence-corrected chi connectivity index (χ0v) is 21.3. The minimum absolute atomic E-state index is 0.0404. The van der Waals surface area contributed by atoms with Crippen LogP contribution in [0.4, 0.5) is 8.78 Å². The Labute approximate surface area is 211 Å². The molecule has 1 amide bonds. The summed E-state index contributed by atoms with van der Waals surface area (Å²) >= 11 is 0. The maximum Gasteiger partial charge on any atom is 0.229 e. The first-order valence-electron chi connectivity index (χ1n) is 11.9. The highest BCUT2D eigenvalue weighted by Gasteiger charge is 2.51. The van der Waals surface area contributed by atoms with E-state index in [1.165, 1.54) is 12.1 Å². The SMILES string of the molecule is CC.CF.COc1cc(/C=C/C2=NCC3(c4ccc(F)cc4)CCC(=O)N23)ccc1-n1cnc(C)c1. The van der Waals surface area contributed by atoms with Crippen LogP contribution in [0.3, 0.4) is 0 Å². The normalized spacial score (nSPS) is 18.2. The average molecular weight is 495 g/mol. The van der Waals surface area contributed by atoms with Crippen molar-refractivity contribution in [2.75, 3.05) is 20.8 Å². The van der Waals surface area contributed by atoms with Gasteiger partial charge in [-0.25, -0.2) is 9.37 Å². The molecular weight excluding hydrogens is 462 g/mol. The quantitative estimate of drug-likeness (QED) is 0.445. The van der Waals surface area contributed by atoms with Crippen LogP contribution in [0.2, 0.25) is 0 Å². The van der Waals surface area contributed by atoms with Crippen molar-refractivity contribution in [2.24, 2.45) is 4.99 Å². The molecule has 2 aromatic carbocycles. The van der Waals surface area contributed by atoms with Crippen LogP contribution in [-0.2, 0) is 10.3 Å². The number of ether oxygens (including phenoxy) is 1. The van der Waals surface area contributed by atoms with Crippen LogP contribution in [0, 0.1) is 12.7 Å². The van der Waals surface area contributed by atoms with Crippen molar-refractivity contribution in [3.8, 4) is 11.4 Å². The molecule has 2 aliphatic rings. The molecule has 0 bridgehead atoms. The maximum absolute atomic E-state index is 13.4. The third-order valence-electron chi connectivity index (χ3n) is 6.16. The molecule has 2 aliphatic heterocycles. The lowest BCUT2D eigenvalue weighted by molar-refractivity contribution is -0.126. The summed E-state index contributed by atoms with van der Waals surface area (Å²) in [6.07, 6.45) is 8.61. The molecule has 0 radical (unpaired) electrons. The number of imidazole rings is 1. The number of aromatic nitrogens is 2. The van der Waals surface area contributed by atoms with Crippen LogP contribution in [0.1, 0.15) is 43.5 Å². The van der Waals surface area contributed by atoms with Crippen molar-refractivity contribution in [2.45, 2.75) is 39.2 Å². The van der Waals surface area contributed by atoms with E-state index in [1.807, 2.05) is 61.9 Å². The van der Waals surface area contributed by atoms with Gasteiger partial charge in [-0.2, -0.15) is 0 Å². The highest BCUT2D eigenvalue weighted by molar-refractivity contribution is 6.09.